The van der Waals surface area contributed by atoms with Crippen LogP contribution in [0.5, 0.6) is 0 Å². The Kier molecular flexibility index (Phi) is 9.59. The number of rotatable bonds is 11. The number of carbonyl (C=O) groups is 3. The first kappa shape index (κ1) is 25.6. The highest BCUT2D eigenvalue weighted by Crippen LogP contribution is 2.05. The molecule has 10 nitrogen and oxygen atoms in total. The van der Waals surface area contributed by atoms with Crippen LogP contribution < -0.4 is 21.0 Å². The normalized spacial score (nSPS) is 11.4. The monoisotopic (exact) mass is 458 g/mol. The zero-order chi connectivity index (χ0) is 24.4. The van der Waals surface area contributed by atoms with Crippen LogP contribution in [-0.4, -0.2) is 47.2 Å². The van der Waals surface area contributed by atoms with E-state index in [1.54, 1.807) is 13.8 Å². The van der Waals surface area contributed by atoms with Gasteiger partial charge in [-0.2, -0.15) is 0 Å². The third-order valence-corrected chi connectivity index (χ3v) is 4.98. The summed E-state index contributed by atoms with van der Waals surface area (Å²) in [5, 5.41) is 5.12. The fourth-order valence-electron chi connectivity index (χ4n) is 2.93. The van der Waals surface area contributed by atoms with E-state index in [0.29, 0.717) is 11.4 Å². The van der Waals surface area contributed by atoms with Crippen LogP contribution in [0.25, 0.3) is 0 Å². The van der Waals surface area contributed by atoms with Crippen molar-refractivity contribution in [2.75, 3.05) is 13.7 Å². The van der Waals surface area contributed by atoms with Gasteiger partial charge in [-0.1, -0.05) is 30.3 Å². The zero-order valence-electron chi connectivity index (χ0n) is 19.3. The Morgan fingerprint density at radius 2 is 1.82 bits per heavy atom. The second-order valence-electron chi connectivity index (χ2n) is 7.49. The van der Waals surface area contributed by atoms with Gasteiger partial charge in [0.15, 0.2) is 0 Å². The fraction of sp³-hybridized carbons (Fsp3) is 0.435. The predicted molar refractivity (Wildman–Crippen MR) is 120 cm³/mol. The molecule has 0 unspecified atom stereocenters. The summed E-state index contributed by atoms with van der Waals surface area (Å²) >= 11 is 0. The van der Waals surface area contributed by atoms with Crippen molar-refractivity contribution < 1.29 is 24.0 Å². The lowest BCUT2D eigenvalue weighted by Gasteiger charge is -2.15. The second-order valence-corrected chi connectivity index (χ2v) is 7.49. The molecule has 1 atom stereocenters. The minimum Gasteiger partial charge on any atom is -0.469 e. The number of nitrogens with zero attached hydrogens (tertiary/aromatic N) is 2. The molecule has 0 aliphatic heterocycles. The van der Waals surface area contributed by atoms with Crippen LogP contribution in [0.1, 0.15) is 42.4 Å². The van der Waals surface area contributed by atoms with Gasteiger partial charge in [-0.25, -0.2) is 0 Å². The highest BCUT2D eigenvalue weighted by atomic mass is 16.7. The maximum atomic E-state index is 12.8. The molecule has 0 spiro atoms. The summed E-state index contributed by atoms with van der Waals surface area (Å²) in [6.07, 6.45) is 0.111. The molecule has 33 heavy (non-hydrogen) atoms. The van der Waals surface area contributed by atoms with Gasteiger partial charge >= 0.3 is 11.5 Å². The molecule has 2 rings (SSSR count). The molecule has 0 aliphatic carbocycles. The van der Waals surface area contributed by atoms with Gasteiger partial charge in [0.25, 0.3) is 0 Å². The van der Waals surface area contributed by atoms with Gasteiger partial charge in [0.05, 0.1) is 24.9 Å². The summed E-state index contributed by atoms with van der Waals surface area (Å²) in [6.45, 7) is 5.37. The maximum Gasteiger partial charge on any atom is 0.307 e. The number of ether oxygens (including phenoxy) is 1. The average molecular weight is 459 g/mol. The molecule has 0 radical (unpaired) electrons. The van der Waals surface area contributed by atoms with Crippen LogP contribution >= 0.6 is 0 Å². The van der Waals surface area contributed by atoms with E-state index in [2.05, 4.69) is 20.4 Å². The number of methoxy groups -OCH3 is 1. The molecule has 1 heterocycles. The van der Waals surface area contributed by atoms with E-state index < -0.39 is 29.4 Å². The average Bonchev–Trinajstić information content (AvgIpc) is 2.80. The van der Waals surface area contributed by atoms with Crippen LogP contribution in [0.2, 0.25) is 0 Å². The zero-order valence-corrected chi connectivity index (χ0v) is 19.3. The van der Waals surface area contributed by atoms with Crippen molar-refractivity contribution in [2.24, 2.45) is 0 Å². The molecule has 178 valence electrons. The molecular formula is C23H30N4O6. The third kappa shape index (κ3) is 7.74. The highest BCUT2D eigenvalue weighted by molar-refractivity contribution is 5.87. The van der Waals surface area contributed by atoms with Gasteiger partial charge in [-0.05, 0) is 26.3 Å². The first-order chi connectivity index (χ1) is 15.7. The number of aryl methyl sites for hydroxylation is 2. The first-order valence-corrected chi connectivity index (χ1v) is 10.6. The molecule has 0 aliphatic rings. The van der Waals surface area contributed by atoms with Gasteiger partial charge in [0.1, 0.15) is 18.3 Å². The largest absolute Gasteiger partial charge is 0.469 e. The smallest absolute Gasteiger partial charge is 0.307 e. The van der Waals surface area contributed by atoms with Gasteiger partial charge in [0, 0.05) is 19.4 Å². The molecule has 2 N–H and O–H groups in total. The Labute approximate surface area is 192 Å². The number of esters is 1. The Morgan fingerprint density at radius 1 is 1.12 bits per heavy atom. The van der Waals surface area contributed by atoms with Crippen molar-refractivity contribution in [3.63, 3.8) is 0 Å². The highest BCUT2D eigenvalue weighted by Gasteiger charge is 2.18. The third-order valence-electron chi connectivity index (χ3n) is 4.98. The lowest BCUT2D eigenvalue weighted by atomic mass is 10.2. The van der Waals surface area contributed by atoms with E-state index in [4.69, 9.17) is 4.84 Å². The minimum absolute atomic E-state index is 0.0246. The van der Waals surface area contributed by atoms with Gasteiger partial charge in [-0.15, -0.1) is 4.73 Å². The number of carbonyl (C=O) groups excluding carboxylic acids is 3. The molecule has 1 aromatic carbocycles. The minimum atomic E-state index is -0.797. The number of amides is 2. The molecule has 0 saturated heterocycles. The summed E-state index contributed by atoms with van der Waals surface area (Å²) in [7, 11) is 1.27. The molecule has 0 bridgehead atoms. The van der Waals surface area contributed by atoms with Crippen molar-refractivity contribution in [1.82, 2.24) is 20.3 Å². The van der Waals surface area contributed by atoms with Crippen molar-refractivity contribution in [3.05, 3.63) is 63.3 Å². The fourth-order valence-corrected chi connectivity index (χ4v) is 2.93. The molecule has 2 amide bonds. The van der Waals surface area contributed by atoms with Crippen LogP contribution in [-0.2, 0) is 32.1 Å². The Morgan fingerprint density at radius 3 is 2.48 bits per heavy atom. The Balaban J connectivity index is 1.93. The standard InChI is InChI=1S/C23H30N4O6/c1-15-17(3)27(33-14-18-8-6-5-7-9-18)23(31)19(25-15)10-11-20(28)26-16(2)22(30)24-13-12-21(29)32-4/h5-9,16H,10-14H2,1-4H3,(H,24,30)(H,26,28)/t16-/m0/s1. The maximum absolute atomic E-state index is 12.8. The van der Waals surface area contributed by atoms with E-state index >= 15 is 0 Å². The number of benzene rings is 1. The second kappa shape index (κ2) is 12.4. The molecular weight excluding hydrogens is 428 g/mol. The quantitative estimate of drug-likeness (QED) is 0.472. The lowest BCUT2D eigenvalue weighted by molar-refractivity contribution is -0.140. The molecule has 0 saturated carbocycles. The van der Waals surface area contributed by atoms with Crippen molar-refractivity contribution in [2.45, 2.75) is 52.7 Å². The SMILES string of the molecule is COC(=O)CCNC(=O)[C@H](C)NC(=O)CCc1nc(C)c(C)n(OCc2ccccc2)c1=O. The predicted octanol–water partition coefficient (Wildman–Crippen LogP) is 0.606. The van der Waals surface area contributed by atoms with Crippen LogP contribution in [0, 0.1) is 13.8 Å². The molecule has 1 aromatic heterocycles. The Bertz CT molecular complexity index is 1040. The van der Waals surface area contributed by atoms with E-state index in [1.165, 1.54) is 18.8 Å². The number of nitrogens with one attached hydrogen (secondary N) is 2. The van der Waals surface area contributed by atoms with Crippen LogP contribution in [0.3, 0.4) is 0 Å². The number of aromatic nitrogens is 2. The first-order valence-electron chi connectivity index (χ1n) is 10.6. The van der Waals surface area contributed by atoms with Crippen molar-refractivity contribution in [3.8, 4) is 0 Å². The lowest BCUT2D eigenvalue weighted by Crippen LogP contribution is -2.45. The molecule has 0 fully saturated rings. The number of hydrogen-bond acceptors (Lipinski definition) is 7. The van der Waals surface area contributed by atoms with Gasteiger partial charge < -0.3 is 20.2 Å². The molecule has 10 heteroatoms. The number of hydrogen-bond donors (Lipinski definition) is 2. The van der Waals surface area contributed by atoms with Crippen molar-refractivity contribution in [1.29, 1.82) is 0 Å². The van der Waals surface area contributed by atoms with Crippen LogP contribution in [0.15, 0.2) is 35.1 Å². The van der Waals surface area contributed by atoms with Gasteiger partial charge in [-0.3, -0.25) is 24.2 Å². The molecule has 2 aromatic rings. The van der Waals surface area contributed by atoms with Gasteiger partial charge in [0.2, 0.25) is 11.8 Å². The van der Waals surface area contributed by atoms with E-state index in [0.717, 1.165) is 5.56 Å². The van der Waals surface area contributed by atoms with E-state index in [-0.39, 0.29) is 38.1 Å². The summed E-state index contributed by atoms with van der Waals surface area (Å²) in [5.74, 6) is -1.26. The summed E-state index contributed by atoms with van der Waals surface area (Å²) in [5.41, 5.74) is 1.91. The Hall–Kier alpha value is -3.69. The summed E-state index contributed by atoms with van der Waals surface area (Å²) in [6, 6.07) is 8.66. The summed E-state index contributed by atoms with van der Waals surface area (Å²) in [4.78, 5) is 58.3. The van der Waals surface area contributed by atoms with Crippen molar-refractivity contribution >= 4 is 17.8 Å². The van der Waals surface area contributed by atoms with Crippen LogP contribution in [0.4, 0.5) is 0 Å². The topological polar surface area (TPSA) is 129 Å². The van der Waals surface area contributed by atoms with E-state index in [1.807, 2.05) is 30.3 Å². The van der Waals surface area contributed by atoms with E-state index in [9.17, 15) is 19.2 Å². The summed E-state index contributed by atoms with van der Waals surface area (Å²) < 4.78 is 5.71.